The molecule has 0 radical (unpaired) electrons. The van der Waals surface area contributed by atoms with Crippen LogP contribution in [0, 0.1) is 0 Å². The molecule has 4 unspecified atom stereocenters. The minimum atomic E-state index is -0.944. The number of aromatic amines is 1. The number of nitrogen functional groups attached to an aromatic ring is 1. The Morgan fingerprint density at radius 2 is 1.92 bits per heavy atom. The first-order chi connectivity index (χ1) is 12.5. The van der Waals surface area contributed by atoms with Gasteiger partial charge in [-0.2, -0.15) is 0 Å². The quantitative estimate of drug-likeness (QED) is 0.429. The van der Waals surface area contributed by atoms with Gasteiger partial charge in [-0.3, -0.25) is 0 Å². The van der Waals surface area contributed by atoms with Gasteiger partial charge in [0.05, 0.1) is 17.7 Å². The molecule has 6 N–H and O–H groups in total. The number of nitrogens with zero attached hydrogens (tertiary/aromatic N) is 2. The molecule has 3 aromatic rings. The molecule has 136 valence electrons. The summed E-state index contributed by atoms with van der Waals surface area (Å²) in [6, 6.07) is 6.82. The number of hydrogen-bond donors (Lipinski definition) is 5. The normalized spacial score (nSPS) is 25.8. The molecule has 3 heterocycles. The first-order valence-corrected chi connectivity index (χ1v) is 9.49. The summed E-state index contributed by atoms with van der Waals surface area (Å²) in [5.41, 5.74) is 7.89. The van der Waals surface area contributed by atoms with Crippen LogP contribution in [0.1, 0.15) is 11.6 Å². The van der Waals surface area contributed by atoms with Crippen LogP contribution >= 0.6 is 23.4 Å². The molecule has 0 aliphatic carbocycles. The molecular weight excluding hydrogens is 374 g/mol. The maximum atomic E-state index is 10.5. The predicted molar refractivity (Wildman–Crippen MR) is 102 cm³/mol. The van der Waals surface area contributed by atoms with Gasteiger partial charge < -0.3 is 26.2 Å². The number of aliphatic hydroxyl groups is 2. The topological polar surface area (TPSA) is 120 Å². The van der Waals surface area contributed by atoms with Gasteiger partial charge in [-0.1, -0.05) is 11.6 Å². The summed E-state index contributed by atoms with van der Waals surface area (Å²) in [6.45, 7) is 0. The Balaban J connectivity index is 1.52. The lowest BCUT2D eigenvalue weighted by molar-refractivity contribution is 0.0308. The standard InChI is InChI=1S/C17H18ClN5O2S/c18-8-1-3-9(4-2-8)26-6-11-15(24)16(25)13(23-11)10-5-20-14-12(10)21-7-22-17(14)19/h1-5,7,11,13,15-16,20,23-25H,6H2,(H2,19,21,22). The maximum Gasteiger partial charge on any atom is 0.151 e. The summed E-state index contributed by atoms with van der Waals surface area (Å²) in [7, 11) is 0. The Kier molecular flexibility index (Phi) is 4.76. The summed E-state index contributed by atoms with van der Waals surface area (Å²) >= 11 is 7.49. The first-order valence-electron chi connectivity index (χ1n) is 8.12. The molecule has 1 saturated heterocycles. The molecule has 1 aliphatic rings. The number of aliphatic hydroxyl groups excluding tert-OH is 2. The van der Waals surface area contributed by atoms with Gasteiger partial charge in [0.25, 0.3) is 0 Å². The summed E-state index contributed by atoms with van der Waals surface area (Å²) in [6.07, 6.45) is 1.31. The van der Waals surface area contributed by atoms with Gasteiger partial charge in [-0.25, -0.2) is 9.97 Å². The molecule has 26 heavy (non-hydrogen) atoms. The molecule has 1 fully saturated rings. The van der Waals surface area contributed by atoms with Crippen molar-refractivity contribution in [3.63, 3.8) is 0 Å². The van der Waals surface area contributed by atoms with Gasteiger partial charge in [0, 0.05) is 33.5 Å². The third-order valence-electron chi connectivity index (χ3n) is 4.60. The summed E-state index contributed by atoms with van der Waals surface area (Å²) in [5.74, 6) is 0.958. The minimum Gasteiger partial charge on any atom is -0.389 e. The van der Waals surface area contributed by atoms with E-state index in [1.54, 1.807) is 18.0 Å². The lowest BCUT2D eigenvalue weighted by atomic mass is 10.0. The highest BCUT2D eigenvalue weighted by atomic mass is 35.5. The Morgan fingerprint density at radius 3 is 2.69 bits per heavy atom. The number of nitrogens with one attached hydrogen (secondary N) is 2. The number of aromatic nitrogens is 3. The van der Waals surface area contributed by atoms with Crippen LogP contribution in [0.2, 0.25) is 5.02 Å². The van der Waals surface area contributed by atoms with E-state index in [0.29, 0.717) is 27.6 Å². The van der Waals surface area contributed by atoms with Crippen LogP contribution in [-0.2, 0) is 0 Å². The molecule has 7 nitrogen and oxygen atoms in total. The van der Waals surface area contributed by atoms with Crippen LogP contribution in [0.15, 0.2) is 41.7 Å². The fourth-order valence-electron chi connectivity index (χ4n) is 3.22. The van der Waals surface area contributed by atoms with Crippen molar-refractivity contribution in [1.29, 1.82) is 0 Å². The fraction of sp³-hybridized carbons (Fsp3) is 0.294. The number of benzene rings is 1. The molecule has 1 aromatic carbocycles. The van der Waals surface area contributed by atoms with E-state index in [-0.39, 0.29) is 6.04 Å². The second-order valence-corrected chi connectivity index (χ2v) is 7.75. The van der Waals surface area contributed by atoms with Crippen molar-refractivity contribution in [1.82, 2.24) is 20.3 Å². The summed E-state index contributed by atoms with van der Waals surface area (Å²) < 4.78 is 0. The molecule has 0 saturated carbocycles. The Labute approximate surface area is 159 Å². The van der Waals surface area contributed by atoms with E-state index in [4.69, 9.17) is 17.3 Å². The van der Waals surface area contributed by atoms with E-state index in [0.717, 1.165) is 10.5 Å². The van der Waals surface area contributed by atoms with Gasteiger partial charge >= 0.3 is 0 Å². The smallest absolute Gasteiger partial charge is 0.151 e. The van der Waals surface area contributed by atoms with Crippen molar-refractivity contribution in [2.45, 2.75) is 29.2 Å². The maximum absolute atomic E-state index is 10.5. The number of nitrogens with two attached hydrogens (primary N) is 1. The van der Waals surface area contributed by atoms with Crippen molar-refractivity contribution < 1.29 is 10.2 Å². The molecule has 4 rings (SSSR count). The highest BCUT2D eigenvalue weighted by Gasteiger charge is 2.42. The zero-order chi connectivity index (χ0) is 18.3. The van der Waals surface area contributed by atoms with E-state index < -0.39 is 18.2 Å². The van der Waals surface area contributed by atoms with Crippen molar-refractivity contribution >= 4 is 40.2 Å². The predicted octanol–water partition coefficient (Wildman–Crippen LogP) is 1.72. The van der Waals surface area contributed by atoms with Gasteiger partial charge in [-0.05, 0) is 24.3 Å². The number of thioether (sulfide) groups is 1. The van der Waals surface area contributed by atoms with Gasteiger partial charge in [0.1, 0.15) is 17.9 Å². The monoisotopic (exact) mass is 391 g/mol. The number of hydrogen-bond acceptors (Lipinski definition) is 7. The van der Waals surface area contributed by atoms with E-state index in [2.05, 4.69) is 20.3 Å². The van der Waals surface area contributed by atoms with E-state index >= 15 is 0 Å². The Bertz CT molecular complexity index is 919. The fourth-order valence-corrected chi connectivity index (χ4v) is 4.34. The molecular formula is C17H18ClN5O2S. The Hall–Kier alpha value is -1.84. The van der Waals surface area contributed by atoms with Crippen molar-refractivity contribution in [3.05, 3.63) is 47.4 Å². The average Bonchev–Trinajstić information content (AvgIpc) is 3.18. The minimum absolute atomic E-state index is 0.264. The lowest BCUT2D eigenvalue weighted by Gasteiger charge is -2.15. The SMILES string of the molecule is Nc1ncnc2c(C3NC(CSc4ccc(Cl)cc4)C(O)C3O)c[nH]c12. The van der Waals surface area contributed by atoms with Crippen LogP contribution in [0.25, 0.3) is 11.0 Å². The molecule has 0 spiro atoms. The third kappa shape index (κ3) is 3.15. The van der Waals surface area contributed by atoms with Crippen LogP contribution in [0.3, 0.4) is 0 Å². The first kappa shape index (κ1) is 17.6. The highest BCUT2D eigenvalue weighted by molar-refractivity contribution is 7.99. The number of H-pyrrole nitrogens is 1. The lowest BCUT2D eigenvalue weighted by Crippen LogP contribution is -2.35. The van der Waals surface area contributed by atoms with Crippen molar-refractivity contribution in [3.8, 4) is 0 Å². The van der Waals surface area contributed by atoms with Gasteiger partial charge in [0.15, 0.2) is 5.82 Å². The van der Waals surface area contributed by atoms with Crippen molar-refractivity contribution in [2.24, 2.45) is 0 Å². The van der Waals surface area contributed by atoms with Gasteiger partial charge in [-0.15, -0.1) is 11.8 Å². The molecule has 9 heteroatoms. The van der Waals surface area contributed by atoms with E-state index in [1.165, 1.54) is 6.33 Å². The van der Waals surface area contributed by atoms with E-state index in [9.17, 15) is 10.2 Å². The Morgan fingerprint density at radius 1 is 1.15 bits per heavy atom. The second-order valence-electron chi connectivity index (χ2n) is 6.22. The zero-order valence-corrected chi connectivity index (χ0v) is 15.2. The zero-order valence-electron chi connectivity index (χ0n) is 13.6. The van der Waals surface area contributed by atoms with Crippen LogP contribution in [-0.4, -0.2) is 49.2 Å². The van der Waals surface area contributed by atoms with Crippen molar-refractivity contribution in [2.75, 3.05) is 11.5 Å². The number of rotatable bonds is 4. The van der Waals surface area contributed by atoms with Crippen LogP contribution < -0.4 is 11.1 Å². The van der Waals surface area contributed by atoms with Crippen LogP contribution in [0.5, 0.6) is 0 Å². The molecule has 0 amide bonds. The van der Waals surface area contributed by atoms with E-state index in [1.807, 2.05) is 24.3 Å². The molecule has 2 aromatic heterocycles. The van der Waals surface area contributed by atoms with Gasteiger partial charge in [0.2, 0.25) is 0 Å². The third-order valence-corrected chi connectivity index (χ3v) is 5.98. The number of halogens is 1. The second kappa shape index (κ2) is 7.05. The number of fused-ring (bicyclic) bond motifs is 1. The molecule has 1 aliphatic heterocycles. The summed E-state index contributed by atoms with van der Waals surface area (Å²) in [4.78, 5) is 12.3. The highest BCUT2D eigenvalue weighted by Crippen LogP contribution is 2.34. The molecule has 4 atom stereocenters. The molecule has 0 bridgehead atoms. The number of anilines is 1. The largest absolute Gasteiger partial charge is 0.389 e. The average molecular weight is 392 g/mol. The van der Waals surface area contributed by atoms with Crippen LogP contribution in [0.4, 0.5) is 5.82 Å². The summed E-state index contributed by atoms with van der Waals surface area (Å²) in [5, 5.41) is 25.0.